The standard InChI is InChI=1S/C10H14F2N2/c1-2-7-8(10(14)5-13)3-6(11)4-9(7)12/h3-4,10H,2,5,13-14H2,1H3/t10-/m1/s1. The highest BCUT2D eigenvalue weighted by Gasteiger charge is 2.14. The third-order valence-corrected chi connectivity index (χ3v) is 2.20. The van der Waals surface area contributed by atoms with Crippen molar-refractivity contribution in [3.05, 3.63) is 34.9 Å². The zero-order valence-corrected chi connectivity index (χ0v) is 8.06. The van der Waals surface area contributed by atoms with Crippen LogP contribution in [-0.2, 0) is 6.42 Å². The van der Waals surface area contributed by atoms with Crippen molar-refractivity contribution in [2.45, 2.75) is 19.4 Å². The highest BCUT2D eigenvalue weighted by Crippen LogP contribution is 2.21. The minimum absolute atomic E-state index is 0.176. The highest BCUT2D eigenvalue weighted by atomic mass is 19.1. The maximum Gasteiger partial charge on any atom is 0.129 e. The molecule has 0 unspecified atom stereocenters. The lowest BCUT2D eigenvalue weighted by Gasteiger charge is -2.14. The van der Waals surface area contributed by atoms with E-state index in [0.29, 0.717) is 17.5 Å². The molecule has 0 aromatic heterocycles. The second-order valence-corrected chi connectivity index (χ2v) is 3.15. The summed E-state index contributed by atoms with van der Waals surface area (Å²) < 4.78 is 26.2. The Bertz CT molecular complexity index is 326. The van der Waals surface area contributed by atoms with Crippen LogP contribution in [-0.4, -0.2) is 6.54 Å². The van der Waals surface area contributed by atoms with Crippen molar-refractivity contribution in [3.63, 3.8) is 0 Å². The smallest absolute Gasteiger partial charge is 0.129 e. The fourth-order valence-electron chi connectivity index (χ4n) is 1.45. The van der Waals surface area contributed by atoms with Gasteiger partial charge in [-0.25, -0.2) is 8.78 Å². The van der Waals surface area contributed by atoms with E-state index >= 15 is 0 Å². The first-order valence-corrected chi connectivity index (χ1v) is 4.53. The molecule has 0 fully saturated rings. The molecule has 1 aromatic carbocycles. The molecule has 1 rings (SSSR count). The molecule has 1 atom stereocenters. The third-order valence-electron chi connectivity index (χ3n) is 2.20. The van der Waals surface area contributed by atoms with Gasteiger partial charge in [-0.15, -0.1) is 0 Å². The lowest BCUT2D eigenvalue weighted by atomic mass is 9.98. The first-order valence-electron chi connectivity index (χ1n) is 4.53. The average molecular weight is 200 g/mol. The van der Waals surface area contributed by atoms with Gasteiger partial charge in [0.2, 0.25) is 0 Å². The number of hydrogen-bond acceptors (Lipinski definition) is 2. The molecule has 0 spiro atoms. The molecule has 1 aromatic rings. The molecule has 0 aliphatic heterocycles. The molecule has 0 bridgehead atoms. The number of nitrogens with two attached hydrogens (primary N) is 2. The Morgan fingerprint density at radius 1 is 1.36 bits per heavy atom. The van der Waals surface area contributed by atoms with Gasteiger partial charge in [0.15, 0.2) is 0 Å². The molecule has 0 amide bonds. The lowest BCUT2D eigenvalue weighted by molar-refractivity contribution is 0.561. The predicted octanol–water partition coefficient (Wildman–Crippen LogP) is 1.49. The van der Waals surface area contributed by atoms with E-state index in [1.165, 1.54) is 6.07 Å². The van der Waals surface area contributed by atoms with E-state index < -0.39 is 17.7 Å². The number of benzene rings is 1. The van der Waals surface area contributed by atoms with Crippen LogP contribution in [0.15, 0.2) is 12.1 Å². The third kappa shape index (κ3) is 2.08. The topological polar surface area (TPSA) is 52.0 Å². The van der Waals surface area contributed by atoms with Crippen LogP contribution in [0.25, 0.3) is 0 Å². The summed E-state index contributed by atoms with van der Waals surface area (Å²) in [5, 5.41) is 0. The minimum atomic E-state index is -0.612. The normalized spacial score (nSPS) is 12.9. The van der Waals surface area contributed by atoms with Crippen LogP contribution in [0.4, 0.5) is 8.78 Å². The van der Waals surface area contributed by atoms with E-state index in [-0.39, 0.29) is 6.54 Å². The van der Waals surface area contributed by atoms with E-state index in [2.05, 4.69) is 0 Å². The number of hydrogen-bond donors (Lipinski definition) is 2. The van der Waals surface area contributed by atoms with Crippen molar-refractivity contribution >= 4 is 0 Å². The molecular formula is C10H14F2N2. The summed E-state index contributed by atoms with van der Waals surface area (Å²) in [5.74, 6) is -1.16. The summed E-state index contributed by atoms with van der Waals surface area (Å²) in [4.78, 5) is 0. The monoisotopic (exact) mass is 200 g/mol. The van der Waals surface area contributed by atoms with E-state index in [4.69, 9.17) is 11.5 Å². The number of rotatable bonds is 3. The van der Waals surface area contributed by atoms with Crippen LogP contribution in [0.2, 0.25) is 0 Å². The molecule has 0 saturated heterocycles. The van der Waals surface area contributed by atoms with Crippen LogP contribution >= 0.6 is 0 Å². The van der Waals surface area contributed by atoms with Gasteiger partial charge >= 0.3 is 0 Å². The van der Waals surface area contributed by atoms with E-state index in [1.807, 2.05) is 0 Å². The van der Waals surface area contributed by atoms with Gasteiger partial charge in [-0.1, -0.05) is 6.92 Å². The summed E-state index contributed by atoms with van der Waals surface area (Å²) in [5.41, 5.74) is 11.9. The maximum atomic E-state index is 13.3. The Morgan fingerprint density at radius 3 is 2.50 bits per heavy atom. The lowest BCUT2D eigenvalue weighted by Crippen LogP contribution is -2.22. The Labute approximate surface area is 81.9 Å². The molecule has 4 N–H and O–H groups in total. The first-order chi connectivity index (χ1) is 6.60. The van der Waals surface area contributed by atoms with E-state index in [9.17, 15) is 8.78 Å². The van der Waals surface area contributed by atoms with Gasteiger partial charge in [0.25, 0.3) is 0 Å². The van der Waals surface area contributed by atoms with Crippen molar-refractivity contribution < 1.29 is 8.78 Å². The zero-order chi connectivity index (χ0) is 10.7. The summed E-state index contributed by atoms with van der Waals surface area (Å²) in [6.07, 6.45) is 0.481. The van der Waals surface area contributed by atoms with E-state index in [1.54, 1.807) is 6.92 Å². The molecule has 0 saturated carbocycles. The number of halogens is 2. The van der Waals surface area contributed by atoms with E-state index in [0.717, 1.165) is 6.07 Å². The SMILES string of the molecule is CCc1c(F)cc(F)cc1[C@H](N)CN. The predicted molar refractivity (Wildman–Crippen MR) is 51.7 cm³/mol. The van der Waals surface area contributed by atoms with Crippen LogP contribution in [0, 0.1) is 11.6 Å². The molecule has 2 nitrogen and oxygen atoms in total. The van der Waals surface area contributed by atoms with Crippen molar-refractivity contribution in [2.75, 3.05) is 6.54 Å². The summed E-state index contributed by atoms with van der Waals surface area (Å²) in [6, 6.07) is 1.61. The average Bonchev–Trinajstić information content (AvgIpc) is 2.15. The van der Waals surface area contributed by atoms with Crippen molar-refractivity contribution in [1.82, 2.24) is 0 Å². The van der Waals surface area contributed by atoms with Crippen LogP contribution in [0.1, 0.15) is 24.1 Å². The summed E-state index contributed by atoms with van der Waals surface area (Å²) >= 11 is 0. The largest absolute Gasteiger partial charge is 0.329 e. The van der Waals surface area contributed by atoms with Gasteiger partial charge in [-0.3, -0.25) is 0 Å². The molecule has 14 heavy (non-hydrogen) atoms. The minimum Gasteiger partial charge on any atom is -0.329 e. The molecule has 0 heterocycles. The summed E-state index contributed by atoms with van der Waals surface area (Å²) in [7, 11) is 0. The molecule has 0 radical (unpaired) electrons. The van der Waals surface area contributed by atoms with Crippen LogP contribution < -0.4 is 11.5 Å². The van der Waals surface area contributed by atoms with Gasteiger partial charge in [-0.05, 0) is 23.6 Å². The molecule has 78 valence electrons. The quantitative estimate of drug-likeness (QED) is 0.776. The van der Waals surface area contributed by atoms with Gasteiger partial charge in [-0.2, -0.15) is 0 Å². The van der Waals surface area contributed by atoms with Crippen molar-refractivity contribution in [3.8, 4) is 0 Å². The maximum absolute atomic E-state index is 13.3. The van der Waals surface area contributed by atoms with Gasteiger partial charge in [0.1, 0.15) is 11.6 Å². The summed E-state index contributed by atoms with van der Waals surface area (Å²) in [6.45, 7) is 1.97. The molecule has 0 aliphatic rings. The molecular weight excluding hydrogens is 186 g/mol. The Morgan fingerprint density at radius 2 is 2.00 bits per heavy atom. The van der Waals surface area contributed by atoms with Crippen LogP contribution in [0.3, 0.4) is 0 Å². The Hall–Kier alpha value is -1.00. The Balaban J connectivity index is 3.24. The van der Waals surface area contributed by atoms with Crippen molar-refractivity contribution in [1.29, 1.82) is 0 Å². The van der Waals surface area contributed by atoms with Crippen molar-refractivity contribution in [2.24, 2.45) is 11.5 Å². The first kappa shape index (κ1) is 11.1. The zero-order valence-electron chi connectivity index (χ0n) is 8.06. The second-order valence-electron chi connectivity index (χ2n) is 3.15. The van der Waals surface area contributed by atoms with Gasteiger partial charge in [0, 0.05) is 18.7 Å². The molecule has 4 heteroatoms. The van der Waals surface area contributed by atoms with Gasteiger partial charge < -0.3 is 11.5 Å². The second kappa shape index (κ2) is 4.48. The van der Waals surface area contributed by atoms with Crippen LogP contribution in [0.5, 0.6) is 0 Å². The fraction of sp³-hybridized carbons (Fsp3) is 0.400. The Kier molecular flexibility index (Phi) is 3.55. The molecule has 0 aliphatic carbocycles. The highest BCUT2D eigenvalue weighted by molar-refractivity contribution is 5.32. The fourth-order valence-corrected chi connectivity index (χ4v) is 1.45. The van der Waals surface area contributed by atoms with Gasteiger partial charge in [0.05, 0.1) is 0 Å².